The SMILES string of the molecule is COC(=O)C1COCCCCOCC(N)C(=O)NCC(=O)N1. The summed E-state index contributed by atoms with van der Waals surface area (Å²) in [6, 6.07) is -1.75. The highest BCUT2D eigenvalue weighted by Crippen LogP contribution is 1.96. The van der Waals surface area contributed by atoms with Gasteiger partial charge in [-0.2, -0.15) is 0 Å². The van der Waals surface area contributed by atoms with E-state index < -0.39 is 29.9 Å². The van der Waals surface area contributed by atoms with E-state index in [0.717, 1.165) is 12.8 Å². The summed E-state index contributed by atoms with van der Waals surface area (Å²) in [5.41, 5.74) is 5.63. The molecule has 0 aromatic rings. The van der Waals surface area contributed by atoms with E-state index in [9.17, 15) is 14.4 Å². The summed E-state index contributed by atoms with van der Waals surface area (Å²) < 4.78 is 15.2. The van der Waals surface area contributed by atoms with E-state index in [1.165, 1.54) is 7.11 Å². The van der Waals surface area contributed by atoms with Crippen LogP contribution in [0.1, 0.15) is 12.8 Å². The van der Waals surface area contributed by atoms with Crippen molar-refractivity contribution in [1.82, 2.24) is 10.6 Å². The molecule has 0 spiro atoms. The van der Waals surface area contributed by atoms with Crippen molar-refractivity contribution in [2.45, 2.75) is 24.9 Å². The number of esters is 1. The monoisotopic (exact) mass is 317 g/mol. The zero-order chi connectivity index (χ0) is 16.4. The molecule has 1 fully saturated rings. The van der Waals surface area contributed by atoms with Crippen molar-refractivity contribution in [2.75, 3.05) is 40.1 Å². The molecule has 0 bridgehead atoms. The molecule has 22 heavy (non-hydrogen) atoms. The molecule has 0 aromatic carbocycles. The highest BCUT2D eigenvalue weighted by Gasteiger charge is 2.22. The number of nitrogens with two attached hydrogens (primary N) is 1. The Morgan fingerprint density at radius 2 is 1.86 bits per heavy atom. The summed E-state index contributed by atoms with van der Waals surface area (Å²) in [5, 5.41) is 4.83. The fourth-order valence-corrected chi connectivity index (χ4v) is 1.75. The molecule has 2 unspecified atom stereocenters. The molecule has 2 amide bonds. The zero-order valence-electron chi connectivity index (χ0n) is 12.6. The van der Waals surface area contributed by atoms with Gasteiger partial charge in [0.25, 0.3) is 0 Å². The van der Waals surface area contributed by atoms with Crippen LogP contribution in [0.5, 0.6) is 0 Å². The number of carbonyl (C=O) groups is 3. The van der Waals surface area contributed by atoms with Crippen molar-refractivity contribution in [1.29, 1.82) is 0 Å². The van der Waals surface area contributed by atoms with Crippen molar-refractivity contribution >= 4 is 17.8 Å². The normalized spacial score (nSPS) is 26.1. The largest absolute Gasteiger partial charge is 0.467 e. The van der Waals surface area contributed by atoms with Crippen LogP contribution in [0.25, 0.3) is 0 Å². The van der Waals surface area contributed by atoms with Crippen LogP contribution in [0.15, 0.2) is 0 Å². The minimum Gasteiger partial charge on any atom is -0.467 e. The van der Waals surface area contributed by atoms with Crippen LogP contribution < -0.4 is 16.4 Å². The number of methoxy groups -OCH3 is 1. The Balaban J connectivity index is 2.61. The third-order valence-electron chi connectivity index (χ3n) is 2.99. The van der Waals surface area contributed by atoms with Gasteiger partial charge in [-0.3, -0.25) is 9.59 Å². The van der Waals surface area contributed by atoms with Crippen molar-refractivity contribution in [3.63, 3.8) is 0 Å². The summed E-state index contributed by atoms with van der Waals surface area (Å²) in [4.78, 5) is 35.0. The second kappa shape index (κ2) is 10.1. The fourth-order valence-electron chi connectivity index (χ4n) is 1.75. The fraction of sp³-hybridized carbons (Fsp3) is 0.769. The first-order valence-corrected chi connectivity index (χ1v) is 7.10. The maximum atomic E-state index is 11.7. The lowest BCUT2D eigenvalue weighted by Crippen LogP contribution is -2.50. The average Bonchev–Trinajstić information content (AvgIpc) is 2.52. The topological polar surface area (TPSA) is 129 Å². The smallest absolute Gasteiger partial charge is 0.330 e. The lowest BCUT2D eigenvalue weighted by molar-refractivity contribution is -0.146. The van der Waals surface area contributed by atoms with E-state index in [0.29, 0.717) is 13.2 Å². The molecule has 1 saturated heterocycles. The van der Waals surface area contributed by atoms with Crippen LogP contribution in [0.3, 0.4) is 0 Å². The molecule has 0 saturated carbocycles. The number of hydrogen-bond donors (Lipinski definition) is 3. The number of amides is 2. The van der Waals surface area contributed by atoms with Gasteiger partial charge in [0, 0.05) is 13.2 Å². The van der Waals surface area contributed by atoms with Crippen LogP contribution in [0, 0.1) is 0 Å². The molecule has 1 heterocycles. The maximum Gasteiger partial charge on any atom is 0.330 e. The quantitative estimate of drug-likeness (QED) is 0.473. The van der Waals surface area contributed by atoms with E-state index in [1.54, 1.807) is 0 Å². The Morgan fingerprint density at radius 3 is 2.50 bits per heavy atom. The van der Waals surface area contributed by atoms with E-state index in [1.807, 2.05) is 0 Å². The van der Waals surface area contributed by atoms with Crippen molar-refractivity contribution in [3.05, 3.63) is 0 Å². The zero-order valence-corrected chi connectivity index (χ0v) is 12.6. The van der Waals surface area contributed by atoms with Gasteiger partial charge in [0.2, 0.25) is 11.8 Å². The molecule has 0 aliphatic carbocycles. The number of hydrogen-bond acceptors (Lipinski definition) is 7. The highest BCUT2D eigenvalue weighted by atomic mass is 16.5. The Hall–Kier alpha value is -1.71. The molecular formula is C13H23N3O6. The molecule has 9 nitrogen and oxygen atoms in total. The molecule has 9 heteroatoms. The Morgan fingerprint density at radius 1 is 1.23 bits per heavy atom. The molecular weight excluding hydrogens is 294 g/mol. The van der Waals surface area contributed by atoms with E-state index in [4.69, 9.17) is 15.2 Å². The van der Waals surface area contributed by atoms with Crippen LogP contribution in [0.2, 0.25) is 0 Å². The molecule has 0 radical (unpaired) electrons. The maximum absolute atomic E-state index is 11.7. The lowest BCUT2D eigenvalue weighted by atomic mass is 10.3. The number of nitrogens with one attached hydrogen (secondary N) is 2. The summed E-state index contributed by atoms with van der Waals surface area (Å²) in [6.45, 7) is 0.684. The van der Waals surface area contributed by atoms with Crippen LogP contribution >= 0.6 is 0 Å². The van der Waals surface area contributed by atoms with Crippen molar-refractivity contribution in [2.24, 2.45) is 5.73 Å². The summed E-state index contributed by atoms with van der Waals surface area (Å²) in [7, 11) is 1.22. The molecule has 4 N–H and O–H groups in total. The minimum absolute atomic E-state index is 0.00668. The molecule has 0 aromatic heterocycles. The predicted molar refractivity (Wildman–Crippen MR) is 75.8 cm³/mol. The predicted octanol–water partition coefficient (Wildman–Crippen LogP) is -2.09. The van der Waals surface area contributed by atoms with Gasteiger partial charge >= 0.3 is 5.97 Å². The molecule has 126 valence electrons. The first kappa shape index (κ1) is 18.3. The number of carbonyl (C=O) groups excluding carboxylic acids is 3. The van der Waals surface area contributed by atoms with E-state index in [-0.39, 0.29) is 19.8 Å². The standard InChI is InChI=1S/C13H23N3O6/c1-20-13(19)10-8-22-5-3-2-4-21-7-9(14)12(18)15-6-11(17)16-10/h9-10H,2-8,14H2,1H3,(H,15,18)(H,16,17). The van der Waals surface area contributed by atoms with Crippen LogP contribution in [-0.2, 0) is 28.6 Å². The number of ether oxygens (including phenoxy) is 3. The van der Waals surface area contributed by atoms with Gasteiger partial charge in [0.1, 0.15) is 6.04 Å². The second-order valence-corrected chi connectivity index (χ2v) is 4.82. The second-order valence-electron chi connectivity index (χ2n) is 4.82. The van der Waals surface area contributed by atoms with Crippen molar-refractivity contribution in [3.8, 4) is 0 Å². The Bertz CT molecular complexity index is 390. The van der Waals surface area contributed by atoms with Crippen LogP contribution in [-0.4, -0.2) is 69.9 Å². The minimum atomic E-state index is -0.913. The first-order chi connectivity index (χ1) is 10.5. The summed E-state index contributed by atoms with van der Waals surface area (Å²) in [5.74, 6) is -1.63. The highest BCUT2D eigenvalue weighted by molar-refractivity contribution is 5.89. The van der Waals surface area contributed by atoms with Gasteiger partial charge in [-0.15, -0.1) is 0 Å². The summed E-state index contributed by atoms with van der Waals surface area (Å²) >= 11 is 0. The molecule has 1 aliphatic heterocycles. The summed E-state index contributed by atoms with van der Waals surface area (Å²) in [6.07, 6.45) is 1.47. The van der Waals surface area contributed by atoms with Crippen molar-refractivity contribution < 1.29 is 28.6 Å². The van der Waals surface area contributed by atoms with Gasteiger partial charge in [-0.1, -0.05) is 0 Å². The first-order valence-electron chi connectivity index (χ1n) is 7.10. The number of rotatable bonds is 1. The molecule has 2 atom stereocenters. The Labute approximate surface area is 128 Å². The Kier molecular flexibility index (Phi) is 8.41. The van der Waals surface area contributed by atoms with Crippen LogP contribution in [0.4, 0.5) is 0 Å². The van der Waals surface area contributed by atoms with Gasteiger partial charge in [-0.25, -0.2) is 4.79 Å². The van der Waals surface area contributed by atoms with Gasteiger partial charge in [0.15, 0.2) is 6.04 Å². The van der Waals surface area contributed by atoms with Gasteiger partial charge in [-0.05, 0) is 12.8 Å². The van der Waals surface area contributed by atoms with Gasteiger partial charge in [0.05, 0.1) is 26.9 Å². The average molecular weight is 317 g/mol. The molecule has 1 aliphatic rings. The van der Waals surface area contributed by atoms with E-state index >= 15 is 0 Å². The third kappa shape index (κ3) is 6.83. The molecule has 1 rings (SSSR count). The van der Waals surface area contributed by atoms with Gasteiger partial charge < -0.3 is 30.6 Å². The lowest BCUT2D eigenvalue weighted by Gasteiger charge is -2.17. The third-order valence-corrected chi connectivity index (χ3v) is 2.99. The van der Waals surface area contributed by atoms with E-state index in [2.05, 4.69) is 15.4 Å².